The first-order chi connectivity index (χ1) is 7.37. The summed E-state index contributed by atoms with van der Waals surface area (Å²) in [6, 6.07) is 3.79. The summed E-state index contributed by atoms with van der Waals surface area (Å²) in [5.41, 5.74) is 5.30. The Hall–Kier alpha value is -1.29. The van der Waals surface area contributed by atoms with Crippen LogP contribution in [0.25, 0.3) is 0 Å². The van der Waals surface area contributed by atoms with Crippen molar-refractivity contribution in [2.45, 2.75) is 45.2 Å². The van der Waals surface area contributed by atoms with Crippen LogP contribution in [0.1, 0.15) is 33.0 Å². The Morgan fingerprint density at radius 1 is 1.62 bits per heavy atom. The van der Waals surface area contributed by atoms with Crippen LogP contribution in [0, 0.1) is 0 Å². The van der Waals surface area contributed by atoms with Crippen LogP contribution in [0.5, 0.6) is 0 Å². The van der Waals surface area contributed by atoms with E-state index in [1.165, 1.54) is 0 Å². The Bertz CT molecular complexity index is 325. The summed E-state index contributed by atoms with van der Waals surface area (Å²) in [4.78, 5) is 11.6. The quantitative estimate of drug-likeness (QED) is 0.795. The molecule has 1 atom stereocenters. The monoisotopic (exact) mass is 224 g/mol. The summed E-state index contributed by atoms with van der Waals surface area (Å²) in [6.45, 7) is 5.62. The van der Waals surface area contributed by atoms with Crippen LogP contribution in [0.4, 0.5) is 0 Å². The minimum absolute atomic E-state index is 0.0217. The van der Waals surface area contributed by atoms with E-state index in [1.807, 2.05) is 32.9 Å². The third-order valence-corrected chi connectivity index (χ3v) is 2.11. The van der Waals surface area contributed by atoms with Gasteiger partial charge >= 0.3 is 0 Å². The molecule has 16 heavy (non-hydrogen) atoms. The number of carbonyl (C=O) groups is 1. The van der Waals surface area contributed by atoms with Crippen molar-refractivity contribution in [2.24, 2.45) is 5.73 Å². The van der Waals surface area contributed by atoms with Gasteiger partial charge in [0.05, 0.1) is 6.26 Å². The van der Waals surface area contributed by atoms with Gasteiger partial charge in [-0.1, -0.05) is 0 Å². The van der Waals surface area contributed by atoms with Gasteiger partial charge in [0.15, 0.2) is 0 Å². The molecule has 1 rings (SSSR count). The average Bonchev–Trinajstić information content (AvgIpc) is 2.51. The molecule has 0 spiro atoms. The number of hydrogen-bond donors (Lipinski definition) is 2. The van der Waals surface area contributed by atoms with Crippen molar-refractivity contribution in [2.75, 3.05) is 0 Å². The molecule has 0 aliphatic heterocycles. The number of furan rings is 1. The van der Waals surface area contributed by atoms with Crippen molar-refractivity contribution in [1.29, 1.82) is 0 Å². The van der Waals surface area contributed by atoms with Gasteiger partial charge in [-0.2, -0.15) is 0 Å². The SMILES string of the molecule is CC(Cc1ccco1)NC(=O)CC(C)(C)N. The van der Waals surface area contributed by atoms with Crippen molar-refractivity contribution >= 4 is 5.91 Å². The van der Waals surface area contributed by atoms with Gasteiger partial charge < -0.3 is 15.5 Å². The molecule has 0 bridgehead atoms. The van der Waals surface area contributed by atoms with E-state index in [1.54, 1.807) is 6.26 Å². The summed E-state index contributed by atoms with van der Waals surface area (Å²) >= 11 is 0. The lowest BCUT2D eigenvalue weighted by Gasteiger charge is -2.19. The Morgan fingerprint density at radius 2 is 2.31 bits per heavy atom. The van der Waals surface area contributed by atoms with Crippen LogP contribution in [-0.4, -0.2) is 17.5 Å². The molecule has 0 saturated heterocycles. The minimum atomic E-state index is -0.464. The molecule has 0 aliphatic rings. The molecular formula is C12H20N2O2. The van der Waals surface area contributed by atoms with Gasteiger partial charge in [-0.25, -0.2) is 0 Å². The summed E-state index contributed by atoms with van der Waals surface area (Å²) in [5, 5.41) is 2.90. The highest BCUT2D eigenvalue weighted by Gasteiger charge is 2.17. The first kappa shape index (κ1) is 12.8. The van der Waals surface area contributed by atoms with Gasteiger partial charge in [0.25, 0.3) is 0 Å². The number of hydrogen-bond acceptors (Lipinski definition) is 3. The van der Waals surface area contributed by atoms with Gasteiger partial charge in [-0.3, -0.25) is 4.79 Å². The first-order valence-electron chi connectivity index (χ1n) is 5.47. The van der Waals surface area contributed by atoms with Crippen LogP contribution in [0.2, 0.25) is 0 Å². The molecule has 4 nitrogen and oxygen atoms in total. The van der Waals surface area contributed by atoms with Crippen LogP contribution in [0.3, 0.4) is 0 Å². The second kappa shape index (κ2) is 5.16. The molecule has 1 amide bonds. The fourth-order valence-corrected chi connectivity index (χ4v) is 1.52. The lowest BCUT2D eigenvalue weighted by atomic mass is 10.0. The highest BCUT2D eigenvalue weighted by atomic mass is 16.3. The molecule has 0 saturated carbocycles. The van der Waals surface area contributed by atoms with Crippen molar-refractivity contribution in [3.05, 3.63) is 24.2 Å². The molecule has 0 aromatic carbocycles. The number of carbonyl (C=O) groups excluding carboxylic acids is 1. The van der Waals surface area contributed by atoms with Gasteiger partial charge in [0, 0.05) is 24.4 Å². The van der Waals surface area contributed by atoms with Gasteiger partial charge in [0.2, 0.25) is 5.91 Å². The van der Waals surface area contributed by atoms with E-state index in [4.69, 9.17) is 10.2 Å². The van der Waals surface area contributed by atoms with Crippen molar-refractivity contribution in [3.63, 3.8) is 0 Å². The van der Waals surface area contributed by atoms with Gasteiger partial charge in [-0.15, -0.1) is 0 Å². The van der Waals surface area contributed by atoms with Crippen LogP contribution < -0.4 is 11.1 Å². The maximum absolute atomic E-state index is 11.6. The molecule has 1 unspecified atom stereocenters. The van der Waals surface area contributed by atoms with Crippen LogP contribution in [-0.2, 0) is 11.2 Å². The van der Waals surface area contributed by atoms with Crippen molar-refractivity contribution in [1.82, 2.24) is 5.32 Å². The molecule has 1 aromatic rings. The molecule has 4 heteroatoms. The standard InChI is InChI=1S/C12H20N2O2/c1-9(7-10-5-4-6-16-10)14-11(15)8-12(2,3)13/h4-6,9H,7-8,13H2,1-3H3,(H,14,15). The zero-order chi connectivity index (χ0) is 12.2. The zero-order valence-corrected chi connectivity index (χ0v) is 10.1. The van der Waals surface area contributed by atoms with E-state index in [0.29, 0.717) is 12.8 Å². The second-order valence-electron chi connectivity index (χ2n) is 4.92. The third-order valence-electron chi connectivity index (χ3n) is 2.11. The Kier molecular flexibility index (Phi) is 4.12. The van der Waals surface area contributed by atoms with Crippen molar-refractivity contribution < 1.29 is 9.21 Å². The van der Waals surface area contributed by atoms with E-state index < -0.39 is 5.54 Å². The maximum atomic E-state index is 11.6. The molecular weight excluding hydrogens is 204 g/mol. The summed E-state index contributed by atoms with van der Waals surface area (Å²) in [7, 11) is 0. The lowest BCUT2D eigenvalue weighted by molar-refractivity contribution is -0.122. The molecule has 1 heterocycles. The van der Waals surface area contributed by atoms with E-state index in [9.17, 15) is 4.79 Å². The Morgan fingerprint density at radius 3 is 2.81 bits per heavy atom. The van der Waals surface area contributed by atoms with Gasteiger partial charge in [-0.05, 0) is 32.9 Å². The Balaban J connectivity index is 2.34. The van der Waals surface area contributed by atoms with Crippen LogP contribution in [0.15, 0.2) is 22.8 Å². The van der Waals surface area contributed by atoms with Crippen molar-refractivity contribution in [3.8, 4) is 0 Å². The fraction of sp³-hybridized carbons (Fsp3) is 0.583. The number of nitrogens with one attached hydrogen (secondary N) is 1. The highest BCUT2D eigenvalue weighted by molar-refractivity contribution is 5.77. The highest BCUT2D eigenvalue weighted by Crippen LogP contribution is 2.06. The molecule has 90 valence electrons. The number of amides is 1. The lowest BCUT2D eigenvalue weighted by Crippen LogP contribution is -2.42. The largest absolute Gasteiger partial charge is 0.469 e. The average molecular weight is 224 g/mol. The predicted molar refractivity (Wildman–Crippen MR) is 62.9 cm³/mol. The van der Waals surface area contributed by atoms with E-state index in [2.05, 4.69) is 5.32 Å². The number of rotatable bonds is 5. The van der Waals surface area contributed by atoms with E-state index in [-0.39, 0.29) is 11.9 Å². The molecule has 1 aromatic heterocycles. The van der Waals surface area contributed by atoms with E-state index in [0.717, 1.165) is 5.76 Å². The second-order valence-corrected chi connectivity index (χ2v) is 4.92. The zero-order valence-electron chi connectivity index (χ0n) is 10.1. The van der Waals surface area contributed by atoms with E-state index >= 15 is 0 Å². The maximum Gasteiger partial charge on any atom is 0.222 e. The fourth-order valence-electron chi connectivity index (χ4n) is 1.52. The third kappa shape index (κ3) is 4.98. The molecule has 3 N–H and O–H groups in total. The summed E-state index contributed by atoms with van der Waals surface area (Å²) in [6.07, 6.45) is 2.66. The van der Waals surface area contributed by atoms with Crippen LogP contribution >= 0.6 is 0 Å². The normalized spacial score (nSPS) is 13.5. The Labute approximate surface area is 96.2 Å². The molecule has 0 radical (unpaired) electrons. The molecule has 0 fully saturated rings. The molecule has 0 aliphatic carbocycles. The first-order valence-corrected chi connectivity index (χ1v) is 5.47. The smallest absolute Gasteiger partial charge is 0.222 e. The minimum Gasteiger partial charge on any atom is -0.469 e. The van der Waals surface area contributed by atoms with Gasteiger partial charge in [0.1, 0.15) is 5.76 Å². The number of nitrogens with two attached hydrogens (primary N) is 1. The summed E-state index contributed by atoms with van der Waals surface area (Å²) < 4.78 is 5.21. The predicted octanol–water partition coefficient (Wildman–Crippen LogP) is 1.45. The topological polar surface area (TPSA) is 68.3 Å². The summed E-state index contributed by atoms with van der Waals surface area (Å²) in [5.74, 6) is 0.853.